The van der Waals surface area contributed by atoms with Gasteiger partial charge in [-0.05, 0) is 60.6 Å². The molecule has 0 amide bonds. The van der Waals surface area contributed by atoms with Crippen molar-refractivity contribution in [3.63, 3.8) is 0 Å². The van der Waals surface area contributed by atoms with Gasteiger partial charge in [0.2, 0.25) is 0 Å². The number of Topliss-reactive ketones (excluding diaryl/α,β-unsaturated/α-hetero) is 1. The summed E-state index contributed by atoms with van der Waals surface area (Å²) in [5, 5.41) is 0. The second-order valence-corrected chi connectivity index (χ2v) is 5.86. The number of halogens is 1. The van der Waals surface area contributed by atoms with Crippen LogP contribution in [0.25, 0.3) is 0 Å². The van der Waals surface area contributed by atoms with Gasteiger partial charge in [-0.25, -0.2) is 4.39 Å². The van der Waals surface area contributed by atoms with E-state index in [9.17, 15) is 9.18 Å². The maximum absolute atomic E-state index is 13.4. The molecule has 0 heterocycles. The molecule has 1 aliphatic carbocycles. The van der Waals surface area contributed by atoms with E-state index in [1.165, 1.54) is 23.3 Å². The normalized spacial score (nSPS) is 17.3. The van der Waals surface area contributed by atoms with E-state index in [-0.39, 0.29) is 17.5 Å². The average molecular weight is 282 g/mol. The second kappa shape index (κ2) is 5.80. The Morgan fingerprint density at radius 2 is 2.05 bits per heavy atom. The first kappa shape index (κ1) is 14.0. The highest BCUT2D eigenvalue weighted by Crippen LogP contribution is 2.33. The molecule has 1 nitrogen and oxygen atoms in total. The van der Waals surface area contributed by atoms with E-state index >= 15 is 0 Å². The van der Waals surface area contributed by atoms with Crippen molar-refractivity contribution in [2.24, 2.45) is 0 Å². The van der Waals surface area contributed by atoms with Crippen molar-refractivity contribution >= 4 is 5.78 Å². The Labute approximate surface area is 124 Å². The lowest BCUT2D eigenvalue weighted by molar-refractivity contribution is -0.120. The predicted octanol–water partition coefficient (Wildman–Crippen LogP) is 4.37. The summed E-state index contributed by atoms with van der Waals surface area (Å²) < 4.78 is 13.4. The summed E-state index contributed by atoms with van der Waals surface area (Å²) in [6.07, 6.45) is 3.33. The van der Waals surface area contributed by atoms with Crippen molar-refractivity contribution < 1.29 is 9.18 Å². The van der Waals surface area contributed by atoms with Gasteiger partial charge in [0.25, 0.3) is 0 Å². The molecule has 2 heteroatoms. The van der Waals surface area contributed by atoms with Gasteiger partial charge < -0.3 is 0 Å². The van der Waals surface area contributed by atoms with Gasteiger partial charge in [0, 0.05) is 12.3 Å². The highest BCUT2D eigenvalue weighted by molar-refractivity contribution is 5.88. The lowest BCUT2D eigenvalue weighted by Crippen LogP contribution is -2.20. The molecule has 0 aromatic heterocycles. The molecule has 0 fully saturated rings. The maximum atomic E-state index is 13.4. The minimum absolute atomic E-state index is 0.0300. The molecule has 1 unspecified atom stereocenters. The molecule has 2 aromatic rings. The maximum Gasteiger partial charge on any atom is 0.144 e. The average Bonchev–Trinajstić information content (AvgIpc) is 2.50. The zero-order valence-corrected chi connectivity index (χ0v) is 12.2. The zero-order valence-electron chi connectivity index (χ0n) is 12.2. The fourth-order valence-electron chi connectivity index (χ4n) is 3.23. The van der Waals surface area contributed by atoms with Gasteiger partial charge in [0.1, 0.15) is 11.6 Å². The molecule has 0 aliphatic heterocycles. The number of ketones is 1. The number of fused-ring (bicyclic) bond motifs is 1. The van der Waals surface area contributed by atoms with Crippen LogP contribution in [-0.2, 0) is 17.6 Å². The SMILES string of the molecule is Cc1ccc(F)cc1CC(=O)C1CCCc2ccccc21. The molecule has 1 aliphatic rings. The third-order valence-corrected chi connectivity index (χ3v) is 4.43. The van der Waals surface area contributed by atoms with Crippen LogP contribution in [0.1, 0.15) is 41.0 Å². The van der Waals surface area contributed by atoms with Crippen LogP contribution in [0.3, 0.4) is 0 Å². The van der Waals surface area contributed by atoms with E-state index in [1.807, 2.05) is 19.1 Å². The van der Waals surface area contributed by atoms with Crippen molar-refractivity contribution in [2.75, 3.05) is 0 Å². The van der Waals surface area contributed by atoms with Crippen molar-refractivity contribution in [3.05, 3.63) is 70.5 Å². The largest absolute Gasteiger partial charge is 0.299 e. The minimum Gasteiger partial charge on any atom is -0.299 e. The van der Waals surface area contributed by atoms with Gasteiger partial charge in [-0.2, -0.15) is 0 Å². The van der Waals surface area contributed by atoms with Gasteiger partial charge in [-0.1, -0.05) is 30.3 Å². The van der Waals surface area contributed by atoms with Gasteiger partial charge in [0.05, 0.1) is 0 Å². The third-order valence-electron chi connectivity index (χ3n) is 4.43. The summed E-state index contributed by atoms with van der Waals surface area (Å²) in [6.45, 7) is 1.93. The third kappa shape index (κ3) is 2.90. The Morgan fingerprint density at radius 1 is 1.24 bits per heavy atom. The second-order valence-electron chi connectivity index (χ2n) is 5.86. The van der Waals surface area contributed by atoms with Crippen LogP contribution in [0.5, 0.6) is 0 Å². The highest BCUT2D eigenvalue weighted by atomic mass is 19.1. The summed E-state index contributed by atoms with van der Waals surface area (Å²) in [4.78, 5) is 12.7. The first-order chi connectivity index (χ1) is 10.1. The summed E-state index contributed by atoms with van der Waals surface area (Å²) in [6, 6.07) is 12.9. The molecule has 0 radical (unpaired) electrons. The number of carbonyl (C=O) groups excluding carboxylic acids is 1. The Bertz CT molecular complexity index is 675. The predicted molar refractivity (Wildman–Crippen MR) is 82.0 cm³/mol. The Kier molecular flexibility index (Phi) is 3.87. The molecule has 21 heavy (non-hydrogen) atoms. The van der Waals surface area contributed by atoms with Crippen molar-refractivity contribution in [1.82, 2.24) is 0 Å². The van der Waals surface area contributed by atoms with E-state index in [0.29, 0.717) is 6.42 Å². The molecular formula is C19H19FO. The molecule has 108 valence electrons. The van der Waals surface area contributed by atoms with E-state index in [0.717, 1.165) is 30.4 Å². The minimum atomic E-state index is -0.271. The highest BCUT2D eigenvalue weighted by Gasteiger charge is 2.26. The molecule has 3 rings (SSSR count). The molecule has 0 spiro atoms. The van der Waals surface area contributed by atoms with Gasteiger partial charge in [-0.3, -0.25) is 4.79 Å². The quantitative estimate of drug-likeness (QED) is 0.817. The van der Waals surface area contributed by atoms with E-state index < -0.39 is 0 Å². The summed E-state index contributed by atoms with van der Waals surface area (Å²) in [7, 11) is 0. The fourth-order valence-corrected chi connectivity index (χ4v) is 3.23. The Balaban J connectivity index is 1.85. The first-order valence-electron chi connectivity index (χ1n) is 7.50. The number of hydrogen-bond acceptors (Lipinski definition) is 1. The fraction of sp³-hybridized carbons (Fsp3) is 0.316. The van der Waals surface area contributed by atoms with Crippen molar-refractivity contribution in [2.45, 2.75) is 38.5 Å². The molecule has 0 saturated heterocycles. The Hall–Kier alpha value is -1.96. The van der Waals surface area contributed by atoms with Crippen molar-refractivity contribution in [1.29, 1.82) is 0 Å². The van der Waals surface area contributed by atoms with Gasteiger partial charge in [-0.15, -0.1) is 0 Å². The standard InChI is InChI=1S/C19H19FO/c1-13-9-10-16(20)11-15(13)12-19(21)18-8-4-6-14-5-2-3-7-17(14)18/h2-3,5,7,9-11,18H,4,6,8,12H2,1H3. The van der Waals surface area contributed by atoms with Crippen LogP contribution in [-0.4, -0.2) is 5.78 Å². The molecular weight excluding hydrogens is 263 g/mol. The van der Waals surface area contributed by atoms with Crippen LogP contribution in [0.4, 0.5) is 4.39 Å². The molecule has 0 saturated carbocycles. The number of carbonyl (C=O) groups is 1. The molecule has 0 bridgehead atoms. The van der Waals surface area contributed by atoms with Crippen LogP contribution in [0.2, 0.25) is 0 Å². The van der Waals surface area contributed by atoms with E-state index in [2.05, 4.69) is 12.1 Å². The first-order valence-corrected chi connectivity index (χ1v) is 7.50. The van der Waals surface area contributed by atoms with Crippen LogP contribution >= 0.6 is 0 Å². The van der Waals surface area contributed by atoms with Gasteiger partial charge in [0.15, 0.2) is 0 Å². The lowest BCUT2D eigenvalue weighted by Gasteiger charge is -2.24. The molecule has 2 aromatic carbocycles. The van der Waals surface area contributed by atoms with E-state index in [1.54, 1.807) is 6.07 Å². The number of benzene rings is 2. The molecule has 1 atom stereocenters. The summed E-state index contributed by atoms with van der Waals surface area (Å²) >= 11 is 0. The van der Waals surface area contributed by atoms with Crippen molar-refractivity contribution in [3.8, 4) is 0 Å². The number of aryl methyl sites for hydroxylation is 2. The van der Waals surface area contributed by atoms with Crippen LogP contribution in [0.15, 0.2) is 42.5 Å². The van der Waals surface area contributed by atoms with Gasteiger partial charge >= 0.3 is 0 Å². The topological polar surface area (TPSA) is 17.1 Å². The lowest BCUT2D eigenvalue weighted by atomic mass is 9.79. The Morgan fingerprint density at radius 3 is 2.90 bits per heavy atom. The zero-order chi connectivity index (χ0) is 14.8. The van der Waals surface area contributed by atoms with Crippen LogP contribution < -0.4 is 0 Å². The number of hydrogen-bond donors (Lipinski definition) is 0. The molecule has 0 N–H and O–H groups in total. The monoisotopic (exact) mass is 282 g/mol. The van der Waals surface area contributed by atoms with E-state index in [4.69, 9.17) is 0 Å². The smallest absolute Gasteiger partial charge is 0.144 e. The summed E-state index contributed by atoms with van der Waals surface area (Å²) in [5.41, 5.74) is 4.25. The number of rotatable bonds is 3. The van der Waals surface area contributed by atoms with Crippen LogP contribution in [0, 0.1) is 12.7 Å². The summed E-state index contributed by atoms with van der Waals surface area (Å²) in [5.74, 6) is -0.0964.